The lowest BCUT2D eigenvalue weighted by atomic mass is 10.0. The van der Waals surface area contributed by atoms with Crippen LogP contribution in [0.3, 0.4) is 0 Å². The molecular formula is C19H30O3. The molecule has 0 radical (unpaired) electrons. The summed E-state index contributed by atoms with van der Waals surface area (Å²) in [5.41, 5.74) is 1.46. The molecule has 0 atom stereocenters. The lowest BCUT2D eigenvalue weighted by Gasteiger charge is -2.05. The Bertz CT molecular complexity index is 440. The van der Waals surface area contributed by atoms with Crippen molar-refractivity contribution in [2.45, 2.75) is 71.1 Å². The Balaban J connectivity index is 2.07. The van der Waals surface area contributed by atoms with Crippen LogP contribution in [0.25, 0.3) is 0 Å². The Morgan fingerprint density at radius 2 is 1.45 bits per heavy atom. The summed E-state index contributed by atoms with van der Waals surface area (Å²) < 4.78 is 0. The van der Waals surface area contributed by atoms with E-state index in [9.17, 15) is 9.90 Å². The van der Waals surface area contributed by atoms with Gasteiger partial charge in [-0.25, -0.2) is 0 Å². The molecule has 0 aliphatic rings. The quantitative estimate of drug-likeness (QED) is 0.432. The van der Waals surface area contributed by atoms with E-state index < -0.39 is 0 Å². The SMILES string of the molecule is Cc1ccc(O)c(C(=O)CCCCCCCCCCCO)c1. The zero-order valence-corrected chi connectivity index (χ0v) is 13.8. The highest BCUT2D eigenvalue weighted by Gasteiger charge is 2.10. The summed E-state index contributed by atoms with van der Waals surface area (Å²) in [5.74, 6) is 0.142. The minimum atomic E-state index is 0.0465. The number of hydrogen-bond donors (Lipinski definition) is 2. The predicted octanol–water partition coefficient (Wildman–Crippen LogP) is 4.78. The first kappa shape index (κ1) is 18.7. The van der Waals surface area contributed by atoms with Gasteiger partial charge in [-0.15, -0.1) is 0 Å². The monoisotopic (exact) mass is 306 g/mol. The smallest absolute Gasteiger partial charge is 0.166 e. The van der Waals surface area contributed by atoms with E-state index in [1.165, 1.54) is 32.1 Å². The maximum Gasteiger partial charge on any atom is 0.166 e. The summed E-state index contributed by atoms with van der Waals surface area (Å²) in [6.07, 6.45) is 10.7. The van der Waals surface area contributed by atoms with Crippen molar-refractivity contribution in [3.05, 3.63) is 29.3 Å². The molecule has 1 rings (SSSR count). The van der Waals surface area contributed by atoms with E-state index in [2.05, 4.69) is 0 Å². The fourth-order valence-electron chi connectivity index (χ4n) is 2.64. The first-order chi connectivity index (χ1) is 10.6. The van der Waals surface area contributed by atoms with E-state index in [1.807, 2.05) is 13.0 Å². The molecule has 124 valence electrons. The van der Waals surface area contributed by atoms with Crippen LogP contribution in [0.5, 0.6) is 5.75 Å². The van der Waals surface area contributed by atoms with Crippen molar-refractivity contribution in [3.8, 4) is 5.75 Å². The Morgan fingerprint density at radius 1 is 0.909 bits per heavy atom. The number of aliphatic hydroxyl groups is 1. The number of aromatic hydroxyl groups is 1. The van der Waals surface area contributed by atoms with Crippen molar-refractivity contribution in [2.75, 3.05) is 6.61 Å². The van der Waals surface area contributed by atoms with Crippen molar-refractivity contribution in [3.63, 3.8) is 0 Å². The average molecular weight is 306 g/mol. The highest BCUT2D eigenvalue weighted by molar-refractivity contribution is 5.98. The van der Waals surface area contributed by atoms with Crippen LogP contribution in [0, 0.1) is 6.92 Å². The van der Waals surface area contributed by atoms with Crippen LogP contribution in [0.2, 0.25) is 0 Å². The van der Waals surface area contributed by atoms with E-state index in [-0.39, 0.29) is 11.5 Å². The fraction of sp³-hybridized carbons (Fsp3) is 0.632. The number of carbonyl (C=O) groups excluding carboxylic acids is 1. The summed E-state index contributed by atoms with van der Waals surface area (Å²) in [7, 11) is 0. The normalized spacial score (nSPS) is 10.8. The number of phenols is 1. The van der Waals surface area contributed by atoms with Crippen LogP contribution in [0.15, 0.2) is 18.2 Å². The fourth-order valence-corrected chi connectivity index (χ4v) is 2.64. The number of phenolic OH excluding ortho intramolecular Hbond substituents is 1. The molecule has 3 heteroatoms. The van der Waals surface area contributed by atoms with Gasteiger partial charge in [0.25, 0.3) is 0 Å². The summed E-state index contributed by atoms with van der Waals surface area (Å²) in [5, 5.41) is 18.4. The van der Waals surface area contributed by atoms with Crippen molar-refractivity contribution < 1.29 is 15.0 Å². The minimum absolute atomic E-state index is 0.0465. The molecule has 0 unspecified atom stereocenters. The van der Waals surface area contributed by atoms with Gasteiger partial charge in [0.2, 0.25) is 0 Å². The highest BCUT2D eigenvalue weighted by atomic mass is 16.3. The lowest BCUT2D eigenvalue weighted by molar-refractivity contribution is 0.0976. The zero-order valence-electron chi connectivity index (χ0n) is 13.8. The number of ketones is 1. The number of Topliss-reactive ketones (excluding diaryl/α,β-unsaturated/α-hetero) is 1. The predicted molar refractivity (Wildman–Crippen MR) is 90.4 cm³/mol. The highest BCUT2D eigenvalue weighted by Crippen LogP contribution is 2.21. The molecule has 1 aromatic rings. The van der Waals surface area contributed by atoms with Crippen molar-refractivity contribution in [1.82, 2.24) is 0 Å². The zero-order chi connectivity index (χ0) is 16.2. The summed E-state index contributed by atoms with van der Waals surface area (Å²) >= 11 is 0. The van der Waals surface area contributed by atoms with Crippen LogP contribution >= 0.6 is 0 Å². The van der Waals surface area contributed by atoms with E-state index in [4.69, 9.17) is 5.11 Å². The van der Waals surface area contributed by atoms with E-state index in [1.54, 1.807) is 12.1 Å². The van der Waals surface area contributed by atoms with Crippen molar-refractivity contribution in [1.29, 1.82) is 0 Å². The van der Waals surface area contributed by atoms with Crippen molar-refractivity contribution >= 4 is 5.78 Å². The number of unbranched alkanes of at least 4 members (excludes halogenated alkanes) is 8. The molecule has 1 aromatic carbocycles. The Hall–Kier alpha value is -1.35. The van der Waals surface area contributed by atoms with Gasteiger partial charge in [-0.2, -0.15) is 0 Å². The van der Waals surface area contributed by atoms with Gasteiger partial charge in [0.1, 0.15) is 5.75 Å². The van der Waals surface area contributed by atoms with Crippen LogP contribution in [-0.4, -0.2) is 22.6 Å². The summed E-state index contributed by atoms with van der Waals surface area (Å²) in [6, 6.07) is 5.18. The average Bonchev–Trinajstić information content (AvgIpc) is 2.51. The van der Waals surface area contributed by atoms with Gasteiger partial charge in [-0.05, 0) is 31.9 Å². The molecule has 3 nitrogen and oxygen atoms in total. The topological polar surface area (TPSA) is 57.5 Å². The molecule has 0 spiro atoms. The second kappa shape index (κ2) is 11.2. The number of rotatable bonds is 12. The van der Waals surface area contributed by atoms with Crippen molar-refractivity contribution in [2.24, 2.45) is 0 Å². The maximum atomic E-state index is 12.1. The molecule has 0 fully saturated rings. The third kappa shape index (κ3) is 7.60. The first-order valence-corrected chi connectivity index (χ1v) is 8.59. The molecular weight excluding hydrogens is 276 g/mol. The third-order valence-electron chi connectivity index (χ3n) is 4.01. The Kier molecular flexibility index (Phi) is 9.56. The van der Waals surface area contributed by atoms with E-state index in [0.717, 1.165) is 31.2 Å². The van der Waals surface area contributed by atoms with Crippen LogP contribution < -0.4 is 0 Å². The maximum absolute atomic E-state index is 12.1. The number of aliphatic hydroxyl groups excluding tert-OH is 1. The lowest BCUT2D eigenvalue weighted by Crippen LogP contribution is -2.00. The molecule has 0 amide bonds. The van der Waals surface area contributed by atoms with E-state index >= 15 is 0 Å². The molecule has 2 N–H and O–H groups in total. The van der Waals surface area contributed by atoms with Gasteiger partial charge in [0.15, 0.2) is 5.78 Å². The molecule has 0 saturated carbocycles. The Morgan fingerprint density at radius 3 is 2.05 bits per heavy atom. The number of benzene rings is 1. The third-order valence-corrected chi connectivity index (χ3v) is 4.01. The molecule has 0 saturated heterocycles. The second-order valence-corrected chi connectivity index (χ2v) is 6.10. The summed E-state index contributed by atoms with van der Waals surface area (Å²) in [6.45, 7) is 2.24. The summed E-state index contributed by atoms with van der Waals surface area (Å²) in [4.78, 5) is 12.1. The molecule has 0 aliphatic carbocycles. The van der Waals surface area contributed by atoms with Gasteiger partial charge >= 0.3 is 0 Å². The van der Waals surface area contributed by atoms with Crippen LogP contribution in [0.4, 0.5) is 0 Å². The molecule has 0 aliphatic heterocycles. The molecule has 22 heavy (non-hydrogen) atoms. The first-order valence-electron chi connectivity index (χ1n) is 8.59. The largest absolute Gasteiger partial charge is 0.507 e. The Labute approximate surface area is 134 Å². The standard InChI is InChI=1S/C19H30O3/c1-16-12-13-19(22)17(15-16)18(21)11-9-7-5-3-2-4-6-8-10-14-20/h12-13,15,20,22H,2-11,14H2,1H3. The van der Waals surface area contributed by atoms with Gasteiger partial charge in [-0.3, -0.25) is 4.79 Å². The van der Waals surface area contributed by atoms with Gasteiger partial charge in [0, 0.05) is 13.0 Å². The van der Waals surface area contributed by atoms with Gasteiger partial charge in [-0.1, -0.05) is 56.6 Å². The molecule has 0 heterocycles. The van der Waals surface area contributed by atoms with Crippen LogP contribution in [-0.2, 0) is 0 Å². The number of aryl methyl sites for hydroxylation is 1. The number of hydrogen-bond acceptors (Lipinski definition) is 3. The molecule has 0 bridgehead atoms. The van der Waals surface area contributed by atoms with Gasteiger partial charge in [0.05, 0.1) is 5.56 Å². The second-order valence-electron chi connectivity index (χ2n) is 6.10. The minimum Gasteiger partial charge on any atom is -0.507 e. The number of carbonyl (C=O) groups is 1. The van der Waals surface area contributed by atoms with Gasteiger partial charge < -0.3 is 10.2 Å². The van der Waals surface area contributed by atoms with Crippen LogP contribution in [0.1, 0.15) is 80.1 Å². The van der Waals surface area contributed by atoms with E-state index in [0.29, 0.717) is 18.6 Å². The molecule has 0 aromatic heterocycles.